The lowest BCUT2D eigenvalue weighted by atomic mass is 9.92. The van der Waals surface area contributed by atoms with Gasteiger partial charge in [-0.25, -0.2) is 18.1 Å². The highest BCUT2D eigenvalue weighted by atomic mass is 32.2. The number of sulfonamides is 1. The molecule has 0 radical (unpaired) electrons. The maximum Gasteiger partial charge on any atom is 0.416 e. The lowest BCUT2D eigenvalue weighted by Gasteiger charge is -2.29. The van der Waals surface area contributed by atoms with Gasteiger partial charge in [0.15, 0.2) is 0 Å². The van der Waals surface area contributed by atoms with Crippen molar-refractivity contribution < 1.29 is 26.3 Å². The van der Waals surface area contributed by atoms with E-state index in [0.717, 1.165) is 34.0 Å². The van der Waals surface area contributed by atoms with Crippen molar-refractivity contribution in [3.8, 4) is 17.7 Å². The number of anilines is 1. The summed E-state index contributed by atoms with van der Waals surface area (Å²) in [7, 11) is -4.11. The van der Waals surface area contributed by atoms with E-state index in [2.05, 4.69) is 26.1 Å². The molecular formula is C28H26F3N5O3S2. The zero-order valence-corrected chi connectivity index (χ0v) is 23.8. The fraction of sp³-hybridized carbons (Fsp3) is 0.321. The third-order valence-electron chi connectivity index (χ3n) is 6.91. The lowest BCUT2D eigenvalue weighted by Crippen LogP contribution is -2.40. The van der Waals surface area contributed by atoms with Gasteiger partial charge in [-0.15, -0.1) is 11.3 Å². The van der Waals surface area contributed by atoms with Crippen LogP contribution in [0.25, 0.3) is 10.2 Å². The second kappa shape index (κ2) is 11.3. The van der Waals surface area contributed by atoms with Gasteiger partial charge in [0.2, 0.25) is 21.9 Å². The third kappa shape index (κ3) is 6.45. The van der Waals surface area contributed by atoms with Crippen LogP contribution in [0.3, 0.4) is 0 Å². The molecule has 5 rings (SSSR count). The molecule has 13 heteroatoms. The molecule has 1 fully saturated rings. The van der Waals surface area contributed by atoms with Gasteiger partial charge in [0.05, 0.1) is 27.6 Å². The summed E-state index contributed by atoms with van der Waals surface area (Å²) in [6, 6.07) is 10.8. The molecule has 0 amide bonds. The van der Waals surface area contributed by atoms with E-state index in [1.807, 2.05) is 25.3 Å². The number of fused-ring (bicyclic) bond motifs is 1. The van der Waals surface area contributed by atoms with E-state index >= 15 is 0 Å². The number of alkyl halides is 3. The molecule has 1 aliphatic carbocycles. The first-order valence-electron chi connectivity index (χ1n) is 12.8. The van der Waals surface area contributed by atoms with Crippen molar-refractivity contribution in [1.82, 2.24) is 14.7 Å². The smallest absolute Gasteiger partial charge is 0.416 e. The molecule has 214 valence electrons. The van der Waals surface area contributed by atoms with Crippen LogP contribution in [-0.2, 0) is 16.2 Å². The van der Waals surface area contributed by atoms with Gasteiger partial charge in [0.1, 0.15) is 10.4 Å². The van der Waals surface area contributed by atoms with Gasteiger partial charge < -0.3 is 10.1 Å². The number of aromatic nitrogens is 2. The zero-order valence-electron chi connectivity index (χ0n) is 22.1. The molecule has 4 aromatic rings. The number of aryl methyl sites for hydroxylation is 2. The van der Waals surface area contributed by atoms with E-state index in [9.17, 15) is 26.9 Å². The minimum Gasteiger partial charge on any atom is -0.437 e. The number of ether oxygens (including phenoxy) is 1. The number of thiophene rings is 1. The first-order chi connectivity index (χ1) is 19.4. The Morgan fingerprint density at radius 1 is 1.02 bits per heavy atom. The Balaban J connectivity index is 1.26. The number of nitrogens with one attached hydrogen (secondary N) is 2. The number of nitriles is 1. The molecule has 1 saturated carbocycles. The first kappa shape index (κ1) is 28.8. The molecule has 2 heterocycles. The van der Waals surface area contributed by atoms with E-state index in [4.69, 9.17) is 4.74 Å². The number of halogens is 3. The summed E-state index contributed by atoms with van der Waals surface area (Å²) in [4.78, 5) is 8.83. The van der Waals surface area contributed by atoms with E-state index in [0.29, 0.717) is 60.4 Å². The highest BCUT2D eigenvalue weighted by Gasteiger charge is 2.32. The molecule has 0 bridgehead atoms. The fourth-order valence-electron chi connectivity index (χ4n) is 4.91. The van der Waals surface area contributed by atoms with Gasteiger partial charge in [-0.1, -0.05) is 6.07 Å². The van der Waals surface area contributed by atoms with Gasteiger partial charge in [-0.05, 0) is 92.4 Å². The highest BCUT2D eigenvalue weighted by molar-refractivity contribution is 7.89. The summed E-state index contributed by atoms with van der Waals surface area (Å²) in [5, 5.41) is 14.5. The predicted octanol–water partition coefficient (Wildman–Crippen LogP) is 6.69. The van der Waals surface area contributed by atoms with Crippen molar-refractivity contribution in [2.75, 3.05) is 5.32 Å². The number of benzene rings is 2. The summed E-state index contributed by atoms with van der Waals surface area (Å²) < 4.78 is 74.3. The van der Waals surface area contributed by atoms with Crippen LogP contribution in [0.1, 0.15) is 47.9 Å². The van der Waals surface area contributed by atoms with Gasteiger partial charge in [-0.2, -0.15) is 23.4 Å². The third-order valence-corrected chi connectivity index (χ3v) is 9.32. The minimum absolute atomic E-state index is 0.0355. The van der Waals surface area contributed by atoms with Crippen molar-refractivity contribution in [3.05, 3.63) is 70.1 Å². The van der Waals surface area contributed by atoms with Crippen LogP contribution in [0.2, 0.25) is 0 Å². The number of nitrogens with zero attached hydrogens (tertiary/aromatic N) is 3. The Morgan fingerprint density at radius 2 is 1.71 bits per heavy atom. The normalized spacial score (nSPS) is 17.8. The first-order valence-corrected chi connectivity index (χ1v) is 15.2. The molecule has 41 heavy (non-hydrogen) atoms. The number of rotatable bonds is 7. The Labute approximate surface area is 239 Å². The van der Waals surface area contributed by atoms with Gasteiger partial charge in [0.25, 0.3) is 0 Å². The molecule has 0 saturated heterocycles. The Hall–Kier alpha value is -3.73. The molecule has 8 nitrogen and oxygen atoms in total. The summed E-state index contributed by atoms with van der Waals surface area (Å²) >= 11 is 1.46. The summed E-state index contributed by atoms with van der Waals surface area (Å²) in [5.41, 5.74) is 1.87. The second-order valence-corrected chi connectivity index (χ2v) is 12.6. The predicted molar refractivity (Wildman–Crippen MR) is 150 cm³/mol. The van der Waals surface area contributed by atoms with Crippen LogP contribution in [0.4, 0.5) is 19.1 Å². The van der Waals surface area contributed by atoms with Gasteiger partial charge in [-0.3, -0.25) is 0 Å². The lowest BCUT2D eigenvalue weighted by molar-refractivity contribution is -0.137. The van der Waals surface area contributed by atoms with Crippen LogP contribution in [0.15, 0.2) is 52.7 Å². The zero-order chi connectivity index (χ0) is 29.4. The molecule has 1 aliphatic rings. The molecule has 2 N–H and O–H groups in total. The molecule has 0 aliphatic heterocycles. The quantitative estimate of drug-likeness (QED) is 0.242. The summed E-state index contributed by atoms with van der Waals surface area (Å²) in [6.07, 6.45) is -2.45. The Bertz CT molecular complexity index is 1720. The minimum atomic E-state index is -4.63. The van der Waals surface area contributed by atoms with Crippen LogP contribution in [0, 0.1) is 25.2 Å². The Morgan fingerprint density at radius 3 is 2.37 bits per heavy atom. The number of hydrogen-bond donors (Lipinski definition) is 2. The van der Waals surface area contributed by atoms with E-state index in [1.165, 1.54) is 11.3 Å². The average molecular weight is 602 g/mol. The molecule has 0 unspecified atom stereocenters. The Kier molecular flexibility index (Phi) is 7.91. The van der Waals surface area contributed by atoms with E-state index < -0.39 is 32.7 Å². The summed E-state index contributed by atoms with van der Waals surface area (Å²) in [6.45, 7) is 3.74. The van der Waals surface area contributed by atoms with Crippen LogP contribution in [-0.4, -0.2) is 30.5 Å². The van der Waals surface area contributed by atoms with Crippen molar-refractivity contribution in [3.63, 3.8) is 0 Å². The SMILES string of the molecule is Cc1cc(C#N)cc(C)c1Oc1nc(NC2CCC(NS(=O)(=O)c3cccc(C(F)(F)F)c3)CC2)nc2ccsc12. The molecule has 0 atom stereocenters. The summed E-state index contributed by atoms with van der Waals surface area (Å²) in [5.74, 6) is 1.39. The van der Waals surface area contributed by atoms with Crippen molar-refractivity contribution in [1.29, 1.82) is 5.26 Å². The highest BCUT2D eigenvalue weighted by Crippen LogP contribution is 2.36. The maximum atomic E-state index is 13.1. The van der Waals surface area contributed by atoms with Crippen molar-refractivity contribution >= 4 is 37.5 Å². The maximum absolute atomic E-state index is 13.1. The standard InChI is InChI=1S/C28H26F3N5O3S2/c1-16-12-18(15-32)13-17(2)24(16)39-26-25-23(10-11-40-25)34-27(35-26)33-20-6-8-21(9-7-20)36-41(37,38)22-5-3-4-19(14-22)28(29,30)31/h3-5,10-14,20-21,36H,6-9H2,1-2H3,(H,33,34,35). The van der Waals surface area contributed by atoms with Gasteiger partial charge in [0, 0.05) is 12.1 Å². The molecule has 2 aromatic heterocycles. The van der Waals surface area contributed by atoms with Crippen LogP contribution in [0.5, 0.6) is 11.6 Å². The second-order valence-electron chi connectivity index (χ2n) is 9.98. The van der Waals surface area contributed by atoms with Crippen LogP contribution >= 0.6 is 11.3 Å². The molecular weight excluding hydrogens is 575 g/mol. The average Bonchev–Trinajstić information content (AvgIpc) is 3.40. The topological polar surface area (TPSA) is 117 Å². The van der Waals surface area contributed by atoms with Crippen molar-refractivity contribution in [2.24, 2.45) is 0 Å². The monoisotopic (exact) mass is 601 g/mol. The molecule has 2 aromatic carbocycles. The van der Waals surface area contributed by atoms with E-state index in [1.54, 1.807) is 12.1 Å². The van der Waals surface area contributed by atoms with Crippen LogP contribution < -0.4 is 14.8 Å². The van der Waals surface area contributed by atoms with Gasteiger partial charge >= 0.3 is 6.18 Å². The number of hydrogen-bond acceptors (Lipinski definition) is 8. The van der Waals surface area contributed by atoms with Crippen molar-refractivity contribution in [2.45, 2.75) is 62.7 Å². The molecule has 0 spiro atoms. The fourth-order valence-corrected chi connectivity index (χ4v) is 7.01. The largest absolute Gasteiger partial charge is 0.437 e. The van der Waals surface area contributed by atoms with E-state index in [-0.39, 0.29) is 6.04 Å².